The van der Waals surface area contributed by atoms with Gasteiger partial charge in [0.05, 0.1) is 11.7 Å². The van der Waals surface area contributed by atoms with Crippen LogP contribution in [0, 0.1) is 0 Å². The lowest BCUT2D eigenvalue weighted by Crippen LogP contribution is -2.31. The van der Waals surface area contributed by atoms with Gasteiger partial charge >= 0.3 is 0 Å². The molecule has 5 heteroatoms. The Bertz CT molecular complexity index is 970. The predicted molar refractivity (Wildman–Crippen MR) is 99.4 cm³/mol. The first-order valence-electron chi connectivity index (χ1n) is 8.48. The fourth-order valence-electron chi connectivity index (χ4n) is 2.98. The van der Waals surface area contributed by atoms with Gasteiger partial charge in [0, 0.05) is 13.1 Å². The monoisotopic (exact) mass is 342 g/mol. The molecule has 2 aromatic carbocycles. The van der Waals surface area contributed by atoms with Gasteiger partial charge in [0.1, 0.15) is 5.69 Å². The number of hydrogen-bond donors (Lipinski definition) is 0. The van der Waals surface area contributed by atoms with Crippen molar-refractivity contribution >= 4 is 11.4 Å². The Hall–Kier alpha value is -3.47. The van der Waals surface area contributed by atoms with Gasteiger partial charge in [-0.15, -0.1) is 5.10 Å². The van der Waals surface area contributed by atoms with Crippen LogP contribution in [0.15, 0.2) is 85.1 Å². The normalized spacial score (nSPS) is 10.8. The molecule has 2 aromatic heterocycles. The second-order valence-corrected chi connectivity index (χ2v) is 6.11. The average molecular weight is 342 g/mol. The number of aromatic nitrogens is 3. The lowest BCUT2D eigenvalue weighted by Gasteiger charge is -2.23. The smallest absolute Gasteiger partial charge is 0.273 e. The third kappa shape index (κ3) is 3.32. The molecule has 0 atom stereocenters. The van der Waals surface area contributed by atoms with E-state index in [0.29, 0.717) is 18.8 Å². The van der Waals surface area contributed by atoms with Crippen molar-refractivity contribution in [1.29, 1.82) is 0 Å². The summed E-state index contributed by atoms with van der Waals surface area (Å²) in [6, 6.07) is 25.5. The number of rotatable bonds is 5. The molecule has 4 aromatic rings. The zero-order valence-corrected chi connectivity index (χ0v) is 14.2. The SMILES string of the molecule is O=C(c1cccc2cnnn12)N(Cc1ccccc1)Cc1ccccc1. The first-order valence-corrected chi connectivity index (χ1v) is 8.48. The summed E-state index contributed by atoms with van der Waals surface area (Å²) in [5.41, 5.74) is 3.48. The van der Waals surface area contributed by atoms with Gasteiger partial charge in [0.15, 0.2) is 0 Å². The largest absolute Gasteiger partial charge is 0.329 e. The van der Waals surface area contributed by atoms with Gasteiger partial charge in [-0.1, -0.05) is 71.9 Å². The molecule has 0 N–H and O–H groups in total. The number of benzene rings is 2. The van der Waals surface area contributed by atoms with Gasteiger partial charge in [0.25, 0.3) is 5.91 Å². The lowest BCUT2D eigenvalue weighted by atomic mass is 10.1. The van der Waals surface area contributed by atoms with Crippen molar-refractivity contribution in [2.75, 3.05) is 0 Å². The molecule has 4 rings (SSSR count). The van der Waals surface area contributed by atoms with Crippen LogP contribution in [0.25, 0.3) is 5.52 Å². The maximum Gasteiger partial charge on any atom is 0.273 e. The van der Waals surface area contributed by atoms with E-state index in [-0.39, 0.29) is 5.91 Å². The second-order valence-electron chi connectivity index (χ2n) is 6.11. The van der Waals surface area contributed by atoms with Gasteiger partial charge in [-0.05, 0) is 23.3 Å². The Morgan fingerprint density at radius 2 is 1.42 bits per heavy atom. The zero-order chi connectivity index (χ0) is 17.8. The molecule has 0 radical (unpaired) electrons. The van der Waals surface area contributed by atoms with Crippen molar-refractivity contribution in [2.24, 2.45) is 0 Å². The minimum atomic E-state index is -0.0752. The molecule has 0 spiro atoms. The van der Waals surface area contributed by atoms with Gasteiger partial charge in [-0.2, -0.15) is 0 Å². The number of carbonyl (C=O) groups is 1. The summed E-state index contributed by atoms with van der Waals surface area (Å²) in [7, 11) is 0. The first kappa shape index (κ1) is 16.0. The summed E-state index contributed by atoms with van der Waals surface area (Å²) >= 11 is 0. The van der Waals surface area contributed by atoms with E-state index in [0.717, 1.165) is 16.6 Å². The van der Waals surface area contributed by atoms with Gasteiger partial charge in [-0.3, -0.25) is 4.79 Å². The first-order chi connectivity index (χ1) is 12.8. The van der Waals surface area contributed by atoms with Crippen molar-refractivity contribution in [1.82, 2.24) is 19.7 Å². The Balaban J connectivity index is 1.69. The Labute approximate surface area is 151 Å². The highest BCUT2D eigenvalue weighted by Gasteiger charge is 2.20. The van der Waals surface area contributed by atoms with E-state index in [1.165, 1.54) is 0 Å². The van der Waals surface area contributed by atoms with Gasteiger partial charge in [0.2, 0.25) is 0 Å². The van der Waals surface area contributed by atoms with Crippen molar-refractivity contribution in [3.63, 3.8) is 0 Å². The third-order valence-electron chi connectivity index (χ3n) is 4.26. The third-order valence-corrected chi connectivity index (χ3v) is 4.26. The molecule has 0 fully saturated rings. The topological polar surface area (TPSA) is 50.5 Å². The molecule has 128 valence electrons. The van der Waals surface area contributed by atoms with Crippen LogP contribution in [-0.4, -0.2) is 25.6 Å². The summed E-state index contributed by atoms with van der Waals surface area (Å²) in [4.78, 5) is 15.1. The van der Waals surface area contributed by atoms with E-state index < -0.39 is 0 Å². The number of amides is 1. The number of hydrogen-bond acceptors (Lipinski definition) is 3. The van der Waals surface area contributed by atoms with E-state index in [4.69, 9.17) is 0 Å². The number of carbonyl (C=O) groups excluding carboxylic acids is 1. The molecule has 0 bridgehead atoms. The van der Waals surface area contributed by atoms with Crippen molar-refractivity contribution < 1.29 is 4.79 Å². The fourth-order valence-corrected chi connectivity index (χ4v) is 2.98. The van der Waals surface area contributed by atoms with Crippen LogP contribution in [0.2, 0.25) is 0 Å². The molecular formula is C21H18N4O. The molecule has 0 unspecified atom stereocenters. The zero-order valence-electron chi connectivity index (χ0n) is 14.2. The number of fused-ring (bicyclic) bond motifs is 1. The molecule has 26 heavy (non-hydrogen) atoms. The van der Waals surface area contributed by atoms with E-state index in [2.05, 4.69) is 10.3 Å². The molecule has 0 saturated carbocycles. The van der Waals surface area contributed by atoms with Gasteiger partial charge in [-0.25, -0.2) is 4.52 Å². The van der Waals surface area contributed by atoms with Gasteiger partial charge < -0.3 is 4.90 Å². The highest BCUT2D eigenvalue weighted by molar-refractivity contribution is 5.93. The molecule has 0 saturated heterocycles. The van der Waals surface area contributed by atoms with E-state index in [9.17, 15) is 4.79 Å². The van der Waals surface area contributed by atoms with Crippen LogP contribution in [-0.2, 0) is 13.1 Å². The van der Waals surface area contributed by atoms with E-state index in [1.54, 1.807) is 16.8 Å². The summed E-state index contributed by atoms with van der Waals surface area (Å²) in [6.07, 6.45) is 1.65. The second kappa shape index (κ2) is 7.19. The minimum absolute atomic E-state index is 0.0752. The van der Waals surface area contributed by atoms with E-state index in [1.807, 2.05) is 77.7 Å². The highest BCUT2D eigenvalue weighted by Crippen LogP contribution is 2.15. The molecular weight excluding hydrogens is 324 g/mol. The highest BCUT2D eigenvalue weighted by atomic mass is 16.2. The van der Waals surface area contributed by atoms with Crippen LogP contribution in [0.4, 0.5) is 0 Å². The average Bonchev–Trinajstić information content (AvgIpc) is 3.17. The van der Waals surface area contributed by atoms with E-state index >= 15 is 0 Å². The maximum atomic E-state index is 13.3. The summed E-state index contributed by atoms with van der Waals surface area (Å²) in [5, 5.41) is 7.97. The Morgan fingerprint density at radius 3 is 2.04 bits per heavy atom. The van der Waals surface area contributed by atoms with Crippen LogP contribution >= 0.6 is 0 Å². The van der Waals surface area contributed by atoms with Crippen molar-refractivity contribution in [3.8, 4) is 0 Å². The summed E-state index contributed by atoms with van der Waals surface area (Å²) in [6.45, 7) is 1.05. The van der Waals surface area contributed by atoms with Crippen LogP contribution in [0.3, 0.4) is 0 Å². The minimum Gasteiger partial charge on any atom is -0.329 e. The molecule has 0 aliphatic rings. The number of pyridine rings is 1. The molecule has 2 heterocycles. The standard InChI is InChI=1S/C21H18N4O/c26-21(20-13-7-12-19-14-22-23-25(19)20)24(15-17-8-3-1-4-9-17)16-18-10-5-2-6-11-18/h1-14H,15-16H2. The molecule has 0 aliphatic carbocycles. The van der Waals surface area contributed by atoms with Crippen LogP contribution in [0.1, 0.15) is 21.6 Å². The van der Waals surface area contributed by atoms with Crippen LogP contribution < -0.4 is 0 Å². The quantitative estimate of drug-likeness (QED) is 0.557. The lowest BCUT2D eigenvalue weighted by molar-refractivity contribution is 0.0721. The Kier molecular flexibility index (Phi) is 4.43. The van der Waals surface area contributed by atoms with Crippen LogP contribution in [0.5, 0.6) is 0 Å². The number of nitrogens with zero attached hydrogens (tertiary/aromatic N) is 4. The van der Waals surface area contributed by atoms with Crippen molar-refractivity contribution in [2.45, 2.75) is 13.1 Å². The summed E-state index contributed by atoms with van der Waals surface area (Å²) < 4.78 is 1.59. The predicted octanol–water partition coefficient (Wildman–Crippen LogP) is 3.57. The maximum absolute atomic E-state index is 13.3. The fraction of sp³-hybridized carbons (Fsp3) is 0.0952. The van der Waals surface area contributed by atoms with Crippen molar-refractivity contribution in [3.05, 3.63) is 102 Å². The summed E-state index contributed by atoms with van der Waals surface area (Å²) in [5.74, 6) is -0.0752. The molecule has 5 nitrogen and oxygen atoms in total. The Morgan fingerprint density at radius 1 is 0.808 bits per heavy atom. The molecule has 1 amide bonds. The molecule has 0 aliphatic heterocycles.